The van der Waals surface area contributed by atoms with Crippen molar-refractivity contribution < 1.29 is 19.0 Å². The third-order valence-corrected chi connectivity index (χ3v) is 8.20. The molecule has 47 heavy (non-hydrogen) atoms. The molecule has 2 amide bonds. The zero-order valence-electron chi connectivity index (χ0n) is 27.5. The zero-order valence-corrected chi connectivity index (χ0v) is 27.5. The summed E-state index contributed by atoms with van der Waals surface area (Å²) in [4.78, 5) is 15.7. The zero-order chi connectivity index (χ0) is 32.8. The number of carbonyl (C=O) groups excluding carboxylic acids is 1. The van der Waals surface area contributed by atoms with Crippen molar-refractivity contribution in [3.8, 4) is 17.2 Å². The number of aryl methyl sites for hydroxylation is 1. The first-order valence-electron chi connectivity index (χ1n) is 16.1. The second-order valence-corrected chi connectivity index (χ2v) is 12.9. The van der Waals surface area contributed by atoms with Gasteiger partial charge in [-0.1, -0.05) is 80.9 Å². The minimum Gasteiger partial charge on any atom is -0.492 e. The Hall–Kier alpha value is -4.86. The van der Waals surface area contributed by atoms with E-state index in [1.165, 1.54) is 0 Å². The summed E-state index contributed by atoms with van der Waals surface area (Å²) >= 11 is 0. The molecule has 0 bridgehead atoms. The lowest BCUT2D eigenvalue weighted by molar-refractivity contribution is -0.0501. The van der Waals surface area contributed by atoms with Crippen molar-refractivity contribution in [3.63, 3.8) is 0 Å². The van der Waals surface area contributed by atoms with Gasteiger partial charge in [-0.05, 0) is 43.3 Å². The smallest absolute Gasteiger partial charge is 0.324 e. The number of rotatable bonds is 10. The van der Waals surface area contributed by atoms with E-state index >= 15 is 0 Å². The van der Waals surface area contributed by atoms with Gasteiger partial charge in [-0.25, -0.2) is 9.48 Å². The number of para-hydroxylation sites is 1. The number of fused-ring (bicyclic) bond motifs is 1. The third-order valence-electron chi connectivity index (χ3n) is 8.20. The molecule has 6 rings (SSSR count). The molecular weight excluding hydrogens is 590 g/mol. The van der Waals surface area contributed by atoms with Crippen LogP contribution in [-0.4, -0.2) is 66.3 Å². The molecule has 9 heteroatoms. The predicted octanol–water partition coefficient (Wildman–Crippen LogP) is 7.43. The van der Waals surface area contributed by atoms with Crippen molar-refractivity contribution in [2.75, 3.05) is 50.1 Å². The summed E-state index contributed by atoms with van der Waals surface area (Å²) in [6, 6.07) is 31.2. The van der Waals surface area contributed by atoms with Gasteiger partial charge in [-0.3, -0.25) is 10.2 Å². The Kier molecular flexibility index (Phi) is 9.75. The lowest BCUT2D eigenvalue weighted by Gasteiger charge is -2.32. The van der Waals surface area contributed by atoms with Gasteiger partial charge in [0, 0.05) is 41.9 Å². The van der Waals surface area contributed by atoms with Crippen LogP contribution in [0.15, 0.2) is 97.1 Å². The molecule has 0 saturated carbocycles. The summed E-state index contributed by atoms with van der Waals surface area (Å²) in [6.07, 6.45) is 0.0110. The molecule has 1 atom stereocenters. The maximum Gasteiger partial charge on any atom is 0.324 e. The van der Waals surface area contributed by atoms with Crippen molar-refractivity contribution in [3.05, 3.63) is 108 Å². The van der Waals surface area contributed by atoms with E-state index in [-0.39, 0.29) is 17.6 Å². The van der Waals surface area contributed by atoms with Gasteiger partial charge in [0.05, 0.1) is 23.7 Å². The van der Waals surface area contributed by atoms with Crippen molar-refractivity contribution >= 4 is 28.3 Å². The Morgan fingerprint density at radius 3 is 2.43 bits per heavy atom. The highest BCUT2D eigenvalue weighted by Gasteiger charge is 2.23. The Morgan fingerprint density at radius 1 is 0.915 bits per heavy atom. The normalized spacial score (nSPS) is 15.4. The van der Waals surface area contributed by atoms with E-state index in [1.807, 2.05) is 104 Å². The van der Waals surface area contributed by atoms with Crippen molar-refractivity contribution in [1.29, 1.82) is 0 Å². The fraction of sp³-hybridized carbons (Fsp3) is 0.316. The molecule has 9 nitrogen and oxygen atoms in total. The molecule has 1 saturated heterocycles. The molecular formula is C38H43N5O4. The van der Waals surface area contributed by atoms with Crippen LogP contribution in [0.25, 0.3) is 16.5 Å². The fourth-order valence-electron chi connectivity index (χ4n) is 5.57. The number of nitrogens with zero attached hydrogens (tertiary/aromatic N) is 3. The van der Waals surface area contributed by atoms with Crippen LogP contribution in [0.3, 0.4) is 0 Å². The van der Waals surface area contributed by atoms with Crippen LogP contribution >= 0.6 is 0 Å². The molecule has 1 aliphatic rings. The van der Waals surface area contributed by atoms with Gasteiger partial charge in [0.25, 0.3) is 0 Å². The first-order valence-corrected chi connectivity index (χ1v) is 16.1. The molecule has 4 aromatic carbocycles. The van der Waals surface area contributed by atoms with E-state index in [9.17, 15) is 4.79 Å². The summed E-state index contributed by atoms with van der Waals surface area (Å²) < 4.78 is 19.9. The fourth-order valence-corrected chi connectivity index (χ4v) is 5.57. The van der Waals surface area contributed by atoms with Crippen LogP contribution in [0, 0.1) is 6.92 Å². The van der Waals surface area contributed by atoms with Gasteiger partial charge in [-0.15, -0.1) is 0 Å². The van der Waals surface area contributed by atoms with E-state index in [1.54, 1.807) is 4.68 Å². The molecule has 244 valence electrons. The minimum absolute atomic E-state index is 0.0110. The number of nitrogens with one attached hydrogen (secondary N) is 2. The van der Waals surface area contributed by atoms with E-state index in [2.05, 4.69) is 36.3 Å². The number of hydrogen-bond donors (Lipinski definition) is 2. The average molecular weight is 634 g/mol. The van der Waals surface area contributed by atoms with Crippen LogP contribution in [0.1, 0.15) is 32.0 Å². The summed E-state index contributed by atoms with van der Waals surface area (Å²) in [6.45, 7) is 12.5. The molecule has 1 fully saturated rings. The van der Waals surface area contributed by atoms with Gasteiger partial charge in [0.15, 0.2) is 0 Å². The van der Waals surface area contributed by atoms with Crippen molar-refractivity contribution in [2.45, 2.75) is 39.2 Å². The molecule has 0 aliphatic carbocycles. The molecule has 2 heterocycles. The van der Waals surface area contributed by atoms with Gasteiger partial charge in [0.1, 0.15) is 36.6 Å². The average Bonchev–Trinajstić information content (AvgIpc) is 3.50. The first kappa shape index (κ1) is 32.1. The number of amides is 2. The number of urea groups is 1. The topological polar surface area (TPSA) is 89.9 Å². The molecule has 1 aromatic heterocycles. The highest BCUT2D eigenvalue weighted by molar-refractivity contribution is 6.07. The number of aromatic nitrogens is 2. The number of morpholine rings is 1. The highest BCUT2D eigenvalue weighted by atomic mass is 16.5. The second kappa shape index (κ2) is 14.3. The van der Waals surface area contributed by atoms with Crippen molar-refractivity contribution in [2.24, 2.45) is 0 Å². The van der Waals surface area contributed by atoms with Crippen LogP contribution in [0.4, 0.5) is 16.3 Å². The number of anilines is 2. The van der Waals surface area contributed by atoms with Crippen LogP contribution < -0.4 is 20.1 Å². The van der Waals surface area contributed by atoms with E-state index in [4.69, 9.17) is 19.3 Å². The molecule has 1 unspecified atom stereocenters. The Balaban J connectivity index is 1.09. The summed E-state index contributed by atoms with van der Waals surface area (Å²) in [5.74, 6) is 2.22. The number of carbonyl (C=O) groups is 1. The maximum atomic E-state index is 13.4. The molecule has 0 radical (unpaired) electrons. The lowest BCUT2D eigenvalue weighted by atomic mass is 9.92. The maximum absolute atomic E-state index is 13.4. The summed E-state index contributed by atoms with van der Waals surface area (Å²) in [7, 11) is 0. The van der Waals surface area contributed by atoms with Crippen molar-refractivity contribution in [1.82, 2.24) is 14.7 Å². The molecule has 1 aliphatic heterocycles. The van der Waals surface area contributed by atoms with Crippen LogP contribution in [-0.2, 0) is 10.2 Å². The third kappa shape index (κ3) is 8.11. The van der Waals surface area contributed by atoms with Crippen LogP contribution in [0.2, 0.25) is 0 Å². The van der Waals surface area contributed by atoms with E-state index in [0.717, 1.165) is 58.9 Å². The van der Waals surface area contributed by atoms with Gasteiger partial charge >= 0.3 is 6.03 Å². The largest absolute Gasteiger partial charge is 0.492 e. The second-order valence-electron chi connectivity index (χ2n) is 12.9. The summed E-state index contributed by atoms with van der Waals surface area (Å²) in [5, 5.41) is 12.7. The van der Waals surface area contributed by atoms with E-state index < -0.39 is 0 Å². The van der Waals surface area contributed by atoms with Crippen LogP contribution in [0.5, 0.6) is 11.5 Å². The van der Waals surface area contributed by atoms with Gasteiger partial charge in [-0.2, -0.15) is 5.10 Å². The summed E-state index contributed by atoms with van der Waals surface area (Å²) in [5.41, 5.74) is 3.42. The number of hydrogen-bond acceptors (Lipinski definition) is 6. The molecule has 2 N–H and O–H groups in total. The SMILES string of the molecule is Cc1ccc(-n2nc(C(C)(C)C)cc2NC(=O)Nc2ccc(OCCN3CCOC(COc4ccccc4)C3)c3ccccc23)cc1. The highest BCUT2D eigenvalue weighted by Crippen LogP contribution is 2.32. The first-order chi connectivity index (χ1) is 22.7. The Bertz CT molecular complexity index is 1800. The Labute approximate surface area is 276 Å². The van der Waals surface area contributed by atoms with E-state index in [0.29, 0.717) is 31.3 Å². The lowest BCUT2D eigenvalue weighted by Crippen LogP contribution is -2.46. The Morgan fingerprint density at radius 2 is 1.66 bits per heavy atom. The minimum atomic E-state index is -0.351. The quantitative estimate of drug-likeness (QED) is 0.166. The molecule has 0 spiro atoms. The molecule has 5 aromatic rings. The number of ether oxygens (including phenoxy) is 3. The standard InChI is InChI=1S/C38H43N5O4/c1-27-14-16-28(17-15-27)43-36(24-35(41-43)38(2,3)4)40-37(44)39-33-18-19-34(32-13-9-8-12-31(32)33)46-23-21-42-20-22-45-30(25-42)26-47-29-10-6-5-7-11-29/h5-19,24,30H,20-23,25-26H2,1-4H3,(H2,39,40,44). The van der Waals surface area contributed by atoms with Gasteiger partial charge < -0.3 is 19.5 Å². The predicted molar refractivity (Wildman–Crippen MR) is 187 cm³/mol. The van der Waals surface area contributed by atoms with Gasteiger partial charge in [0.2, 0.25) is 0 Å². The monoisotopic (exact) mass is 633 g/mol. The number of benzene rings is 4.